The minimum absolute atomic E-state index is 0.0252. The van der Waals surface area contributed by atoms with Crippen LogP contribution in [0.2, 0.25) is 0 Å². The van der Waals surface area contributed by atoms with Gasteiger partial charge in [-0.15, -0.1) is 0 Å². The first-order valence-corrected chi connectivity index (χ1v) is 8.91. The Balaban J connectivity index is 2.12. The number of aliphatic hydroxyl groups is 4. The predicted molar refractivity (Wildman–Crippen MR) is 96.0 cm³/mol. The molecule has 0 aliphatic rings. The van der Waals surface area contributed by atoms with Gasteiger partial charge in [0.25, 0.3) is 11.5 Å². The number of aliphatic hydroxyl groups excluding tert-OH is 4. The summed E-state index contributed by atoms with van der Waals surface area (Å²) in [6.07, 6.45) is -3.34. The Labute approximate surface area is 158 Å². The molecule has 3 aromatic heterocycles. The molecule has 0 aromatic carbocycles. The van der Waals surface area contributed by atoms with E-state index in [1.54, 1.807) is 0 Å². The molecule has 0 saturated carbocycles. The van der Waals surface area contributed by atoms with Crippen LogP contribution in [0.25, 0.3) is 16.8 Å². The third-order valence-electron chi connectivity index (χ3n) is 3.79. The highest BCUT2D eigenvalue weighted by atomic mass is 127. The summed E-state index contributed by atoms with van der Waals surface area (Å²) >= 11 is 2.06. The van der Waals surface area contributed by atoms with Gasteiger partial charge >= 0.3 is 0 Å². The number of fused-ring (bicyclic) bond motifs is 3. The van der Waals surface area contributed by atoms with E-state index in [1.165, 1.54) is 16.8 Å². The Morgan fingerprint density at radius 1 is 1.19 bits per heavy atom. The zero-order valence-corrected chi connectivity index (χ0v) is 15.3. The van der Waals surface area contributed by atoms with Gasteiger partial charge in [0.15, 0.2) is 22.9 Å². The second-order valence-corrected chi connectivity index (χ2v) is 6.23. The van der Waals surface area contributed by atoms with Gasteiger partial charge in [-0.2, -0.15) is 0 Å². The number of carbonyl (C=O) groups is 1. The SMILES string of the molecule is O=C(C(O)C(O)C(O)CO)n1cnc2c1ncn1c(=O)cc(CI)nc21. The largest absolute Gasteiger partial charge is 0.394 e. The highest BCUT2D eigenvalue weighted by Gasteiger charge is 2.32. The quantitative estimate of drug-likeness (QED) is 0.244. The van der Waals surface area contributed by atoms with E-state index >= 15 is 0 Å². The fourth-order valence-corrected chi connectivity index (χ4v) is 2.78. The number of hydrogen-bond acceptors (Lipinski definition) is 9. The molecule has 0 fully saturated rings. The van der Waals surface area contributed by atoms with Crippen LogP contribution in [0.5, 0.6) is 0 Å². The van der Waals surface area contributed by atoms with Crippen LogP contribution in [-0.4, -0.2) is 75.2 Å². The number of rotatable bonds is 5. The van der Waals surface area contributed by atoms with Crippen LogP contribution in [0.1, 0.15) is 10.5 Å². The maximum absolute atomic E-state index is 12.4. The summed E-state index contributed by atoms with van der Waals surface area (Å²) in [6.45, 7) is -0.828. The number of imidazole rings is 1. The maximum atomic E-state index is 12.4. The third-order valence-corrected chi connectivity index (χ3v) is 4.57. The van der Waals surface area contributed by atoms with Crippen molar-refractivity contribution in [2.75, 3.05) is 6.61 Å². The Morgan fingerprint density at radius 3 is 2.58 bits per heavy atom. The molecule has 3 atom stereocenters. The van der Waals surface area contributed by atoms with Crippen molar-refractivity contribution in [3.8, 4) is 0 Å². The zero-order valence-electron chi connectivity index (χ0n) is 13.1. The van der Waals surface area contributed by atoms with E-state index in [1.807, 2.05) is 0 Å². The van der Waals surface area contributed by atoms with Crippen molar-refractivity contribution in [1.29, 1.82) is 0 Å². The second kappa shape index (κ2) is 7.32. The van der Waals surface area contributed by atoms with Gasteiger partial charge in [0.05, 0.1) is 12.3 Å². The first-order valence-electron chi connectivity index (χ1n) is 7.38. The Morgan fingerprint density at radius 2 is 1.92 bits per heavy atom. The van der Waals surface area contributed by atoms with Crippen LogP contribution < -0.4 is 5.56 Å². The maximum Gasteiger partial charge on any atom is 0.265 e. The number of aromatic nitrogens is 5. The summed E-state index contributed by atoms with van der Waals surface area (Å²) in [5.74, 6) is -1.00. The van der Waals surface area contributed by atoms with Gasteiger partial charge in [-0.1, -0.05) is 22.6 Å². The van der Waals surface area contributed by atoms with E-state index in [0.717, 1.165) is 10.9 Å². The highest BCUT2D eigenvalue weighted by Crippen LogP contribution is 2.16. The number of hydrogen-bond donors (Lipinski definition) is 4. The minimum Gasteiger partial charge on any atom is -0.394 e. The first-order chi connectivity index (χ1) is 12.4. The van der Waals surface area contributed by atoms with Crippen LogP contribution in [0.15, 0.2) is 23.5 Å². The van der Waals surface area contributed by atoms with Crippen molar-refractivity contribution in [2.24, 2.45) is 0 Å². The van der Waals surface area contributed by atoms with Gasteiger partial charge in [-0.3, -0.25) is 14.2 Å². The third kappa shape index (κ3) is 3.09. The Bertz CT molecular complexity index is 1030. The molecule has 0 bridgehead atoms. The fraction of sp³-hybridized carbons (Fsp3) is 0.357. The molecule has 0 amide bonds. The number of alkyl halides is 1. The Hall–Kier alpha value is -2.00. The van der Waals surface area contributed by atoms with E-state index in [-0.39, 0.29) is 22.4 Å². The smallest absolute Gasteiger partial charge is 0.265 e. The molecule has 0 radical (unpaired) electrons. The summed E-state index contributed by atoms with van der Waals surface area (Å²) in [4.78, 5) is 36.9. The Kier molecular flexibility index (Phi) is 5.29. The van der Waals surface area contributed by atoms with E-state index in [2.05, 4.69) is 37.5 Å². The topological polar surface area (TPSA) is 163 Å². The average molecular weight is 475 g/mol. The molecule has 4 N–H and O–H groups in total. The molecule has 0 saturated heterocycles. The minimum atomic E-state index is -2.01. The lowest BCUT2D eigenvalue weighted by atomic mass is 10.1. The molecule has 3 rings (SSSR count). The van der Waals surface area contributed by atoms with Gasteiger partial charge in [0, 0.05) is 10.5 Å². The summed E-state index contributed by atoms with van der Waals surface area (Å²) in [5.41, 5.74) is 0.571. The molecular formula is C14H14IN5O6. The van der Waals surface area contributed by atoms with Crippen LogP contribution in [0, 0.1) is 0 Å². The van der Waals surface area contributed by atoms with Gasteiger partial charge < -0.3 is 20.4 Å². The summed E-state index contributed by atoms with van der Waals surface area (Å²) in [6, 6.07) is 1.37. The molecule has 3 heterocycles. The predicted octanol–water partition coefficient (Wildman–Crippen LogP) is -1.91. The van der Waals surface area contributed by atoms with Gasteiger partial charge in [0.2, 0.25) is 0 Å². The molecule has 0 spiro atoms. The van der Waals surface area contributed by atoms with Crippen LogP contribution in [0.3, 0.4) is 0 Å². The number of carbonyl (C=O) groups excluding carboxylic acids is 1. The average Bonchev–Trinajstić information content (AvgIpc) is 3.09. The number of nitrogens with zero attached hydrogens (tertiary/aromatic N) is 5. The van der Waals surface area contributed by atoms with E-state index in [4.69, 9.17) is 5.11 Å². The fourth-order valence-electron chi connectivity index (χ4n) is 2.39. The lowest BCUT2D eigenvalue weighted by molar-refractivity contribution is -0.0667. The van der Waals surface area contributed by atoms with E-state index in [0.29, 0.717) is 10.1 Å². The summed E-state index contributed by atoms with van der Waals surface area (Å²) < 4.78 is 2.56. The van der Waals surface area contributed by atoms with Crippen molar-refractivity contribution >= 4 is 45.3 Å². The van der Waals surface area contributed by atoms with Crippen molar-refractivity contribution < 1.29 is 25.2 Å². The summed E-state index contributed by atoms with van der Waals surface area (Å²) in [7, 11) is 0. The van der Waals surface area contributed by atoms with E-state index in [9.17, 15) is 24.9 Å². The molecule has 26 heavy (non-hydrogen) atoms. The second-order valence-electron chi connectivity index (χ2n) is 5.47. The lowest BCUT2D eigenvalue weighted by Gasteiger charge is -2.20. The van der Waals surface area contributed by atoms with Crippen molar-refractivity contribution in [3.63, 3.8) is 0 Å². The van der Waals surface area contributed by atoms with Crippen LogP contribution in [0.4, 0.5) is 0 Å². The van der Waals surface area contributed by atoms with E-state index < -0.39 is 30.8 Å². The monoisotopic (exact) mass is 475 g/mol. The zero-order chi connectivity index (χ0) is 19.0. The molecule has 0 aliphatic heterocycles. The highest BCUT2D eigenvalue weighted by molar-refractivity contribution is 14.1. The molecule has 138 valence electrons. The van der Waals surface area contributed by atoms with Crippen molar-refractivity contribution in [1.82, 2.24) is 23.9 Å². The molecule has 3 aromatic rings. The molecule has 12 heteroatoms. The molecule has 0 aliphatic carbocycles. The van der Waals surface area contributed by atoms with Gasteiger partial charge in [-0.05, 0) is 0 Å². The van der Waals surface area contributed by atoms with Crippen molar-refractivity contribution in [3.05, 3.63) is 34.8 Å². The molecule has 3 unspecified atom stereocenters. The molecule has 11 nitrogen and oxygen atoms in total. The van der Waals surface area contributed by atoms with Crippen molar-refractivity contribution in [2.45, 2.75) is 22.7 Å². The van der Waals surface area contributed by atoms with Crippen LogP contribution in [-0.2, 0) is 4.43 Å². The van der Waals surface area contributed by atoms with Gasteiger partial charge in [-0.25, -0.2) is 19.4 Å². The van der Waals surface area contributed by atoms with Gasteiger partial charge in [0.1, 0.15) is 24.9 Å². The first kappa shape index (κ1) is 18.8. The number of halogens is 1. The van der Waals surface area contributed by atoms with Crippen LogP contribution >= 0.6 is 22.6 Å². The standard InChI is InChI=1S/C14H14IN5O6/c15-2-6-1-8(23)19-5-17-12-9(13(19)18-6)16-4-20(12)14(26)11(25)10(24)7(22)3-21/h1,4-5,7,10-11,21-22,24-25H,2-3H2. The normalized spacial score (nSPS) is 15.3. The molecular weight excluding hydrogens is 461 g/mol. The summed E-state index contributed by atoms with van der Waals surface area (Å²) in [5, 5.41) is 37.9. The lowest BCUT2D eigenvalue weighted by Crippen LogP contribution is -2.45.